The van der Waals surface area contributed by atoms with Gasteiger partial charge in [-0.25, -0.2) is 0 Å². The van der Waals surface area contributed by atoms with Crippen LogP contribution < -0.4 is 5.73 Å². The summed E-state index contributed by atoms with van der Waals surface area (Å²) in [5, 5.41) is 0. The van der Waals surface area contributed by atoms with E-state index < -0.39 is 0 Å². The SMILES string of the molecule is CCOC(=O)C(C)N1CCC(N2CCC(N)CC2)C1. The molecule has 2 aliphatic rings. The predicted octanol–water partition coefficient (Wildman–Crippen LogP) is 0.435. The summed E-state index contributed by atoms with van der Waals surface area (Å²) in [6.07, 6.45) is 3.35. The highest BCUT2D eigenvalue weighted by Crippen LogP contribution is 2.21. The summed E-state index contributed by atoms with van der Waals surface area (Å²) < 4.78 is 5.10. The van der Waals surface area contributed by atoms with Gasteiger partial charge in [0.2, 0.25) is 0 Å². The van der Waals surface area contributed by atoms with E-state index in [0.717, 1.165) is 45.4 Å². The standard InChI is InChI=1S/C14H27N3O2/c1-3-19-14(18)11(2)17-9-6-13(10-17)16-7-4-12(15)5-8-16/h11-13H,3-10,15H2,1-2H3. The van der Waals surface area contributed by atoms with E-state index in [1.165, 1.54) is 0 Å². The number of piperidine rings is 1. The van der Waals surface area contributed by atoms with Crippen molar-refractivity contribution in [1.82, 2.24) is 9.80 Å². The van der Waals surface area contributed by atoms with E-state index in [0.29, 0.717) is 18.7 Å². The summed E-state index contributed by atoms with van der Waals surface area (Å²) in [6, 6.07) is 0.855. The van der Waals surface area contributed by atoms with Gasteiger partial charge in [0.1, 0.15) is 6.04 Å². The van der Waals surface area contributed by atoms with E-state index in [2.05, 4.69) is 9.80 Å². The molecule has 2 atom stereocenters. The van der Waals surface area contributed by atoms with Gasteiger partial charge in [-0.05, 0) is 46.2 Å². The number of nitrogens with zero attached hydrogens (tertiary/aromatic N) is 2. The Balaban J connectivity index is 1.81. The number of hydrogen-bond donors (Lipinski definition) is 1. The first-order valence-corrected chi connectivity index (χ1v) is 7.52. The Kier molecular flexibility index (Phi) is 5.19. The molecule has 2 N–H and O–H groups in total. The van der Waals surface area contributed by atoms with Crippen LogP contribution in [0.3, 0.4) is 0 Å². The second-order valence-electron chi connectivity index (χ2n) is 5.74. The number of rotatable bonds is 4. The zero-order chi connectivity index (χ0) is 13.8. The van der Waals surface area contributed by atoms with Crippen molar-refractivity contribution in [3.05, 3.63) is 0 Å². The first kappa shape index (κ1) is 14.8. The Hall–Kier alpha value is -0.650. The fourth-order valence-corrected chi connectivity index (χ4v) is 3.11. The van der Waals surface area contributed by atoms with E-state index in [1.54, 1.807) is 0 Å². The molecule has 0 aromatic heterocycles. The number of hydrogen-bond acceptors (Lipinski definition) is 5. The molecule has 0 bridgehead atoms. The van der Waals surface area contributed by atoms with Gasteiger partial charge in [-0.1, -0.05) is 0 Å². The van der Waals surface area contributed by atoms with E-state index in [4.69, 9.17) is 10.5 Å². The minimum absolute atomic E-state index is 0.0937. The lowest BCUT2D eigenvalue weighted by Gasteiger charge is -2.35. The largest absolute Gasteiger partial charge is 0.465 e. The smallest absolute Gasteiger partial charge is 0.323 e. The molecule has 5 heteroatoms. The van der Waals surface area contributed by atoms with Gasteiger partial charge in [0.25, 0.3) is 0 Å². The molecule has 2 unspecified atom stereocenters. The fourth-order valence-electron chi connectivity index (χ4n) is 3.11. The molecule has 0 radical (unpaired) electrons. The van der Waals surface area contributed by atoms with E-state index in [1.807, 2.05) is 13.8 Å². The van der Waals surface area contributed by atoms with Gasteiger partial charge < -0.3 is 10.5 Å². The number of carbonyl (C=O) groups excluding carboxylic acids is 1. The molecular formula is C14H27N3O2. The molecule has 2 fully saturated rings. The molecule has 2 heterocycles. The number of carbonyl (C=O) groups is 1. The summed E-state index contributed by atoms with van der Waals surface area (Å²) in [7, 11) is 0. The van der Waals surface area contributed by atoms with Gasteiger partial charge in [0.05, 0.1) is 6.61 Å². The predicted molar refractivity (Wildman–Crippen MR) is 74.9 cm³/mol. The molecule has 0 saturated carbocycles. The van der Waals surface area contributed by atoms with Crippen molar-refractivity contribution >= 4 is 5.97 Å². The molecular weight excluding hydrogens is 242 g/mol. The number of esters is 1. The fraction of sp³-hybridized carbons (Fsp3) is 0.929. The Bertz CT molecular complexity index is 303. The van der Waals surface area contributed by atoms with Crippen molar-refractivity contribution in [2.45, 2.75) is 51.2 Å². The number of likely N-dealkylation sites (tertiary alicyclic amines) is 2. The van der Waals surface area contributed by atoms with Gasteiger partial charge in [-0.2, -0.15) is 0 Å². The molecule has 2 rings (SSSR count). The highest BCUT2D eigenvalue weighted by atomic mass is 16.5. The first-order valence-electron chi connectivity index (χ1n) is 7.52. The third-order valence-corrected chi connectivity index (χ3v) is 4.46. The molecule has 0 aromatic rings. The normalized spacial score (nSPS) is 28.5. The topological polar surface area (TPSA) is 58.8 Å². The van der Waals surface area contributed by atoms with Crippen LogP contribution in [0.5, 0.6) is 0 Å². The first-order chi connectivity index (χ1) is 9.11. The van der Waals surface area contributed by atoms with Crippen molar-refractivity contribution in [3.63, 3.8) is 0 Å². The Morgan fingerprint density at radius 2 is 2.00 bits per heavy atom. The second-order valence-corrected chi connectivity index (χ2v) is 5.74. The van der Waals surface area contributed by atoms with E-state index in [-0.39, 0.29) is 12.0 Å². The maximum Gasteiger partial charge on any atom is 0.323 e. The molecule has 0 aromatic carbocycles. The molecule has 2 saturated heterocycles. The van der Waals surface area contributed by atoms with E-state index >= 15 is 0 Å². The van der Waals surface area contributed by atoms with Crippen molar-refractivity contribution in [2.75, 3.05) is 32.8 Å². The molecule has 5 nitrogen and oxygen atoms in total. The third-order valence-electron chi connectivity index (χ3n) is 4.46. The molecule has 0 aliphatic carbocycles. The molecule has 19 heavy (non-hydrogen) atoms. The van der Waals surface area contributed by atoms with Crippen LogP contribution in [0, 0.1) is 0 Å². The van der Waals surface area contributed by atoms with Gasteiger partial charge in [0.15, 0.2) is 0 Å². The third kappa shape index (κ3) is 3.68. The van der Waals surface area contributed by atoms with Crippen LogP contribution >= 0.6 is 0 Å². The van der Waals surface area contributed by atoms with Crippen LogP contribution in [0.4, 0.5) is 0 Å². The molecule has 0 spiro atoms. The zero-order valence-corrected chi connectivity index (χ0v) is 12.2. The lowest BCUT2D eigenvalue weighted by molar-refractivity contribution is -0.148. The summed E-state index contributed by atoms with van der Waals surface area (Å²) in [5.41, 5.74) is 5.95. The number of nitrogens with two attached hydrogens (primary N) is 1. The van der Waals surface area contributed by atoms with Gasteiger partial charge in [0, 0.05) is 25.2 Å². The van der Waals surface area contributed by atoms with Crippen LogP contribution in [0.2, 0.25) is 0 Å². The summed E-state index contributed by atoms with van der Waals surface area (Å²) in [4.78, 5) is 16.6. The Labute approximate surface area is 116 Å². The van der Waals surface area contributed by atoms with Gasteiger partial charge >= 0.3 is 5.97 Å². The number of ether oxygens (including phenoxy) is 1. The van der Waals surface area contributed by atoms with Crippen molar-refractivity contribution in [2.24, 2.45) is 5.73 Å². The molecule has 110 valence electrons. The summed E-state index contributed by atoms with van der Waals surface area (Å²) in [5.74, 6) is -0.0937. The molecule has 2 aliphatic heterocycles. The minimum atomic E-state index is -0.114. The zero-order valence-electron chi connectivity index (χ0n) is 12.2. The molecule has 0 amide bonds. The highest BCUT2D eigenvalue weighted by molar-refractivity contribution is 5.75. The second kappa shape index (κ2) is 6.68. The average Bonchev–Trinajstić information content (AvgIpc) is 2.88. The van der Waals surface area contributed by atoms with Crippen LogP contribution in [-0.2, 0) is 9.53 Å². The van der Waals surface area contributed by atoms with Crippen molar-refractivity contribution in [3.8, 4) is 0 Å². The maximum absolute atomic E-state index is 11.8. The van der Waals surface area contributed by atoms with Crippen LogP contribution in [0.25, 0.3) is 0 Å². The van der Waals surface area contributed by atoms with E-state index in [9.17, 15) is 4.79 Å². The summed E-state index contributed by atoms with van der Waals surface area (Å²) >= 11 is 0. The average molecular weight is 269 g/mol. The van der Waals surface area contributed by atoms with Crippen molar-refractivity contribution in [1.29, 1.82) is 0 Å². The maximum atomic E-state index is 11.8. The monoisotopic (exact) mass is 269 g/mol. The quantitative estimate of drug-likeness (QED) is 0.750. The Morgan fingerprint density at radius 3 is 2.63 bits per heavy atom. The van der Waals surface area contributed by atoms with Crippen LogP contribution in [0.15, 0.2) is 0 Å². The van der Waals surface area contributed by atoms with Crippen LogP contribution in [0.1, 0.15) is 33.1 Å². The summed E-state index contributed by atoms with van der Waals surface area (Å²) in [6.45, 7) is 8.45. The Morgan fingerprint density at radius 1 is 1.32 bits per heavy atom. The van der Waals surface area contributed by atoms with Crippen molar-refractivity contribution < 1.29 is 9.53 Å². The lowest BCUT2D eigenvalue weighted by Crippen LogP contribution is -2.47. The van der Waals surface area contributed by atoms with Gasteiger partial charge in [-0.15, -0.1) is 0 Å². The lowest BCUT2D eigenvalue weighted by atomic mass is 10.0. The van der Waals surface area contributed by atoms with Gasteiger partial charge in [-0.3, -0.25) is 14.6 Å². The highest BCUT2D eigenvalue weighted by Gasteiger charge is 2.34. The van der Waals surface area contributed by atoms with Crippen LogP contribution in [-0.4, -0.2) is 66.7 Å². The minimum Gasteiger partial charge on any atom is -0.465 e.